The largest absolute Gasteiger partial charge is 0.504 e. The zero-order valence-electron chi connectivity index (χ0n) is 19.8. The minimum atomic E-state index is -0.794. The van der Waals surface area contributed by atoms with E-state index in [1.54, 1.807) is 40.0 Å². The zero-order valence-corrected chi connectivity index (χ0v) is 19.8. The molecule has 0 atom stereocenters. The molecule has 0 aliphatic heterocycles. The quantitative estimate of drug-likeness (QED) is 0.397. The number of methoxy groups -OCH3 is 2. The van der Waals surface area contributed by atoms with Crippen molar-refractivity contribution in [3.8, 4) is 17.2 Å². The van der Waals surface area contributed by atoms with Crippen molar-refractivity contribution in [1.29, 1.82) is 0 Å². The van der Waals surface area contributed by atoms with E-state index in [4.69, 9.17) is 14.2 Å². The highest BCUT2D eigenvalue weighted by Crippen LogP contribution is 2.37. The van der Waals surface area contributed by atoms with Crippen molar-refractivity contribution in [3.63, 3.8) is 0 Å². The summed E-state index contributed by atoms with van der Waals surface area (Å²) < 4.78 is 15.5. The molecule has 0 heterocycles. The van der Waals surface area contributed by atoms with E-state index in [0.29, 0.717) is 5.69 Å². The number of amides is 2. The minimum absolute atomic E-state index is 0.0589. The maximum absolute atomic E-state index is 12.9. The number of carbonyl (C=O) groups excluding carboxylic acids is 2. The number of benzene rings is 2. The molecule has 2 aromatic carbocycles. The van der Waals surface area contributed by atoms with Gasteiger partial charge in [-0.05, 0) is 57.5 Å². The molecule has 0 saturated carbocycles. The normalized spacial score (nSPS) is 11.4. The van der Waals surface area contributed by atoms with Crippen LogP contribution in [0.3, 0.4) is 0 Å². The molecule has 4 N–H and O–H groups in total. The van der Waals surface area contributed by atoms with E-state index in [1.165, 1.54) is 26.4 Å². The lowest BCUT2D eigenvalue weighted by Crippen LogP contribution is -2.45. The number of anilines is 1. The summed E-state index contributed by atoms with van der Waals surface area (Å²) in [6.45, 7) is 7.08. The fourth-order valence-corrected chi connectivity index (χ4v) is 2.82. The number of hydrogen-bond acceptors (Lipinski definition) is 8. The van der Waals surface area contributed by atoms with E-state index in [-0.39, 0.29) is 28.8 Å². The topological polar surface area (TPSA) is 131 Å². The van der Waals surface area contributed by atoms with Crippen LogP contribution in [0.1, 0.15) is 36.7 Å². The maximum atomic E-state index is 12.9. The molecule has 10 nitrogen and oxygen atoms in total. The summed E-state index contributed by atoms with van der Waals surface area (Å²) in [5.74, 6) is -0.832. The van der Waals surface area contributed by atoms with E-state index in [9.17, 15) is 14.7 Å². The van der Waals surface area contributed by atoms with Crippen molar-refractivity contribution >= 4 is 29.3 Å². The number of phenols is 1. The first-order valence-electron chi connectivity index (χ1n) is 10.1. The molecule has 178 valence electrons. The lowest BCUT2D eigenvalue weighted by molar-refractivity contribution is 0.0561. The van der Waals surface area contributed by atoms with Crippen molar-refractivity contribution in [2.24, 2.45) is 4.99 Å². The van der Waals surface area contributed by atoms with Crippen LogP contribution in [0.15, 0.2) is 35.3 Å². The molecule has 0 radical (unpaired) electrons. The average Bonchev–Trinajstić information content (AvgIpc) is 2.72. The molecular formula is C23H30N4O6. The number of nitrogens with zero attached hydrogens (tertiary/aromatic N) is 1. The first-order valence-corrected chi connectivity index (χ1v) is 10.1. The van der Waals surface area contributed by atoms with Gasteiger partial charge in [-0.1, -0.05) is 6.07 Å². The van der Waals surface area contributed by atoms with Gasteiger partial charge in [0.25, 0.3) is 5.91 Å². The van der Waals surface area contributed by atoms with Gasteiger partial charge in [0, 0.05) is 18.3 Å². The number of aromatic hydroxyl groups is 1. The molecule has 2 amide bonds. The van der Waals surface area contributed by atoms with Gasteiger partial charge in [-0.3, -0.25) is 15.4 Å². The SMILES string of the molecule is CNc1cc(N=C(NC(=O)OC(C)(C)C)NC(=O)c2cc(O)c(OC)c(OC)c2)ccc1C. The Balaban J connectivity index is 2.40. The average molecular weight is 459 g/mol. The number of ether oxygens (including phenoxy) is 3. The van der Waals surface area contributed by atoms with Gasteiger partial charge < -0.3 is 24.6 Å². The fourth-order valence-electron chi connectivity index (χ4n) is 2.82. The summed E-state index contributed by atoms with van der Waals surface area (Å²) >= 11 is 0. The maximum Gasteiger partial charge on any atom is 0.414 e. The number of phenolic OH excluding ortho intramolecular Hbond substituents is 1. The Bertz CT molecular complexity index is 1060. The van der Waals surface area contributed by atoms with Crippen LogP contribution < -0.4 is 25.4 Å². The minimum Gasteiger partial charge on any atom is -0.504 e. The smallest absolute Gasteiger partial charge is 0.414 e. The third-order valence-corrected chi connectivity index (χ3v) is 4.30. The van der Waals surface area contributed by atoms with Gasteiger partial charge in [0.1, 0.15) is 5.60 Å². The summed E-state index contributed by atoms with van der Waals surface area (Å²) in [4.78, 5) is 29.6. The standard InChI is InChI=1S/C23H30N4O6/c1-13-8-9-15(12-16(13)24-5)25-21(27-22(30)33-23(2,3)4)26-20(29)14-10-17(28)19(32-7)18(11-14)31-6/h8-12,24,28H,1-7H3,(H2,25,26,27,29,30). The van der Waals surface area contributed by atoms with E-state index in [1.807, 2.05) is 13.0 Å². The first-order chi connectivity index (χ1) is 15.5. The first kappa shape index (κ1) is 25.3. The summed E-state index contributed by atoms with van der Waals surface area (Å²) in [7, 11) is 4.53. The monoisotopic (exact) mass is 458 g/mol. The van der Waals surface area contributed by atoms with Gasteiger partial charge in [-0.15, -0.1) is 0 Å². The Hall–Kier alpha value is -3.95. The van der Waals surface area contributed by atoms with Crippen LogP contribution in [-0.4, -0.2) is 49.9 Å². The number of carbonyl (C=O) groups is 2. The highest BCUT2D eigenvalue weighted by molar-refractivity contribution is 6.10. The summed E-state index contributed by atoms with van der Waals surface area (Å²) in [6.07, 6.45) is -0.794. The molecule has 2 rings (SSSR count). The fraction of sp³-hybridized carbons (Fsp3) is 0.348. The molecule has 0 spiro atoms. The van der Waals surface area contributed by atoms with E-state index in [0.717, 1.165) is 11.3 Å². The highest BCUT2D eigenvalue weighted by Gasteiger charge is 2.21. The van der Waals surface area contributed by atoms with Crippen molar-refractivity contribution in [1.82, 2.24) is 10.6 Å². The number of aliphatic imine (C=N–C) groups is 1. The number of nitrogens with one attached hydrogen (secondary N) is 3. The second-order valence-corrected chi connectivity index (χ2v) is 8.02. The third kappa shape index (κ3) is 7.03. The van der Waals surface area contributed by atoms with Crippen LogP contribution >= 0.6 is 0 Å². The molecule has 0 aromatic heterocycles. The molecule has 0 fully saturated rings. The van der Waals surface area contributed by atoms with Crippen LogP contribution in [0.25, 0.3) is 0 Å². The van der Waals surface area contributed by atoms with Crippen molar-refractivity contribution in [2.45, 2.75) is 33.3 Å². The molecular weight excluding hydrogens is 428 g/mol. The second-order valence-electron chi connectivity index (χ2n) is 8.02. The number of rotatable bonds is 5. The molecule has 0 bridgehead atoms. The summed E-state index contributed by atoms with van der Waals surface area (Å²) in [6, 6.07) is 7.96. The van der Waals surface area contributed by atoms with Gasteiger partial charge in [0.05, 0.1) is 19.9 Å². The van der Waals surface area contributed by atoms with E-state index < -0.39 is 17.6 Å². The summed E-state index contributed by atoms with van der Waals surface area (Å²) in [5, 5.41) is 18.2. The van der Waals surface area contributed by atoms with Gasteiger partial charge >= 0.3 is 6.09 Å². The van der Waals surface area contributed by atoms with Crippen LogP contribution in [0.4, 0.5) is 16.2 Å². The number of hydrogen-bond donors (Lipinski definition) is 4. The number of guanidine groups is 1. The second kappa shape index (κ2) is 10.6. The van der Waals surface area contributed by atoms with E-state index >= 15 is 0 Å². The number of aryl methyl sites for hydroxylation is 1. The van der Waals surface area contributed by atoms with Crippen molar-refractivity contribution in [3.05, 3.63) is 41.5 Å². The highest BCUT2D eigenvalue weighted by atomic mass is 16.6. The molecule has 0 aliphatic rings. The molecule has 0 unspecified atom stereocenters. The van der Waals surface area contributed by atoms with Gasteiger partial charge in [-0.2, -0.15) is 0 Å². The molecule has 2 aromatic rings. The number of alkyl carbamates (subject to hydrolysis) is 1. The van der Waals surface area contributed by atoms with Crippen LogP contribution in [-0.2, 0) is 4.74 Å². The van der Waals surface area contributed by atoms with Gasteiger partial charge in [-0.25, -0.2) is 9.79 Å². The molecule has 33 heavy (non-hydrogen) atoms. The Morgan fingerprint density at radius 2 is 1.73 bits per heavy atom. The van der Waals surface area contributed by atoms with Crippen LogP contribution in [0, 0.1) is 6.92 Å². The molecule has 0 saturated heterocycles. The Morgan fingerprint density at radius 1 is 1.03 bits per heavy atom. The van der Waals surface area contributed by atoms with Gasteiger partial charge in [0.2, 0.25) is 11.7 Å². The lowest BCUT2D eigenvalue weighted by Gasteiger charge is -2.20. The predicted octanol–water partition coefficient (Wildman–Crippen LogP) is 3.70. The molecule has 0 aliphatic carbocycles. The third-order valence-electron chi connectivity index (χ3n) is 4.30. The van der Waals surface area contributed by atoms with Crippen molar-refractivity contribution in [2.75, 3.05) is 26.6 Å². The summed E-state index contributed by atoms with van der Waals surface area (Å²) in [5.41, 5.74) is 1.62. The van der Waals surface area contributed by atoms with E-state index in [2.05, 4.69) is 20.9 Å². The predicted molar refractivity (Wildman–Crippen MR) is 126 cm³/mol. The van der Waals surface area contributed by atoms with Crippen LogP contribution in [0.2, 0.25) is 0 Å². The van der Waals surface area contributed by atoms with Gasteiger partial charge in [0.15, 0.2) is 11.5 Å². The van der Waals surface area contributed by atoms with Crippen molar-refractivity contribution < 1.29 is 28.9 Å². The Labute approximate surface area is 193 Å². The lowest BCUT2D eigenvalue weighted by atomic mass is 10.1. The Kier molecular flexibility index (Phi) is 8.11. The molecule has 10 heteroatoms. The zero-order chi connectivity index (χ0) is 24.8. The Morgan fingerprint density at radius 3 is 2.30 bits per heavy atom. The van der Waals surface area contributed by atoms with Crippen LogP contribution in [0.5, 0.6) is 17.2 Å².